The zero-order valence-electron chi connectivity index (χ0n) is 14.1. The van der Waals surface area contributed by atoms with E-state index in [9.17, 15) is 4.79 Å². The Morgan fingerprint density at radius 1 is 1.08 bits per heavy atom. The van der Waals surface area contributed by atoms with Crippen LogP contribution >= 0.6 is 11.6 Å². The van der Waals surface area contributed by atoms with Crippen molar-refractivity contribution in [1.82, 2.24) is 15.1 Å². The lowest BCUT2D eigenvalue weighted by Gasteiger charge is -2.12. The van der Waals surface area contributed by atoms with Crippen LogP contribution in [0.25, 0.3) is 11.4 Å². The van der Waals surface area contributed by atoms with Crippen molar-refractivity contribution in [2.45, 2.75) is 0 Å². The summed E-state index contributed by atoms with van der Waals surface area (Å²) in [5.41, 5.74) is 0.833. The molecule has 3 aromatic rings. The number of carbonyl (C=O) groups is 1. The summed E-state index contributed by atoms with van der Waals surface area (Å²) < 4.78 is 20.8. The van der Waals surface area contributed by atoms with Gasteiger partial charge in [0.1, 0.15) is 5.15 Å². The van der Waals surface area contributed by atoms with Gasteiger partial charge in [0.25, 0.3) is 11.7 Å². The molecule has 2 aromatic heterocycles. The van der Waals surface area contributed by atoms with Gasteiger partial charge in [0, 0.05) is 17.3 Å². The second-order valence-electron chi connectivity index (χ2n) is 5.03. The van der Waals surface area contributed by atoms with Crippen molar-refractivity contribution in [2.24, 2.45) is 0 Å². The number of pyridine rings is 1. The van der Waals surface area contributed by atoms with Crippen LogP contribution in [0.15, 0.2) is 35.0 Å². The maximum Gasteiger partial charge on any atom is 0.299 e. The van der Waals surface area contributed by atoms with Gasteiger partial charge in [-0.1, -0.05) is 16.8 Å². The second kappa shape index (κ2) is 7.40. The summed E-state index contributed by atoms with van der Waals surface area (Å²) in [4.78, 5) is 20.7. The molecule has 0 saturated heterocycles. The quantitative estimate of drug-likeness (QED) is 0.479. The van der Waals surface area contributed by atoms with E-state index in [2.05, 4.69) is 15.1 Å². The third kappa shape index (κ3) is 3.31. The first-order chi connectivity index (χ1) is 12.6. The SMILES string of the molecule is COc1cc(C(=O)c2nc(-c3ccnc(Cl)c3)no2)cc(OC)c1OC. The molecule has 0 saturated carbocycles. The normalized spacial score (nSPS) is 10.5. The van der Waals surface area contributed by atoms with E-state index in [0.29, 0.717) is 22.8 Å². The third-order valence-electron chi connectivity index (χ3n) is 3.53. The Hall–Kier alpha value is -3.13. The number of methoxy groups -OCH3 is 3. The minimum atomic E-state index is -0.483. The Balaban J connectivity index is 1.98. The Morgan fingerprint density at radius 2 is 1.77 bits per heavy atom. The average molecular weight is 376 g/mol. The van der Waals surface area contributed by atoms with Crippen LogP contribution in [0.1, 0.15) is 16.2 Å². The van der Waals surface area contributed by atoms with E-state index < -0.39 is 5.78 Å². The molecule has 0 fully saturated rings. The molecule has 26 heavy (non-hydrogen) atoms. The zero-order valence-corrected chi connectivity index (χ0v) is 14.9. The lowest BCUT2D eigenvalue weighted by Crippen LogP contribution is -2.04. The summed E-state index contributed by atoms with van der Waals surface area (Å²) in [5, 5.41) is 4.09. The molecular weight excluding hydrogens is 362 g/mol. The second-order valence-corrected chi connectivity index (χ2v) is 5.42. The number of ether oxygens (including phenoxy) is 3. The van der Waals surface area contributed by atoms with Crippen molar-refractivity contribution in [3.05, 3.63) is 47.1 Å². The van der Waals surface area contributed by atoms with Crippen LogP contribution in [0.4, 0.5) is 0 Å². The number of benzene rings is 1. The smallest absolute Gasteiger partial charge is 0.299 e. The molecule has 0 spiro atoms. The molecule has 0 amide bonds. The van der Waals surface area contributed by atoms with Crippen molar-refractivity contribution in [2.75, 3.05) is 21.3 Å². The summed E-state index contributed by atoms with van der Waals surface area (Å²) in [6.07, 6.45) is 1.51. The van der Waals surface area contributed by atoms with Crippen LogP contribution in [0.3, 0.4) is 0 Å². The first kappa shape index (κ1) is 17.7. The highest BCUT2D eigenvalue weighted by Gasteiger charge is 2.22. The molecule has 0 unspecified atom stereocenters. The lowest BCUT2D eigenvalue weighted by atomic mass is 10.1. The Morgan fingerprint density at radius 3 is 2.35 bits per heavy atom. The molecule has 3 rings (SSSR count). The van der Waals surface area contributed by atoms with Gasteiger partial charge in [0.05, 0.1) is 21.3 Å². The topological polar surface area (TPSA) is 96.6 Å². The maximum atomic E-state index is 12.7. The van der Waals surface area contributed by atoms with Gasteiger partial charge in [0.15, 0.2) is 11.5 Å². The maximum absolute atomic E-state index is 12.7. The van der Waals surface area contributed by atoms with Crippen molar-refractivity contribution >= 4 is 17.4 Å². The van der Waals surface area contributed by atoms with E-state index in [-0.39, 0.29) is 22.4 Å². The molecule has 134 valence electrons. The fourth-order valence-electron chi connectivity index (χ4n) is 2.31. The van der Waals surface area contributed by atoms with E-state index in [1.807, 2.05) is 0 Å². The molecular formula is C17H14ClN3O5. The molecule has 0 aliphatic rings. The monoisotopic (exact) mass is 375 g/mol. The van der Waals surface area contributed by atoms with Crippen molar-refractivity contribution < 1.29 is 23.5 Å². The first-order valence-electron chi connectivity index (χ1n) is 7.37. The Bertz CT molecular complexity index is 932. The summed E-state index contributed by atoms with van der Waals surface area (Å²) in [6, 6.07) is 6.25. The Labute approximate surface area is 153 Å². The number of nitrogens with zero attached hydrogens (tertiary/aromatic N) is 3. The van der Waals surface area contributed by atoms with Gasteiger partial charge in [-0.2, -0.15) is 4.98 Å². The summed E-state index contributed by atoms with van der Waals surface area (Å²) in [5.74, 6) is 0.631. The molecule has 0 aliphatic carbocycles. The highest BCUT2D eigenvalue weighted by molar-refractivity contribution is 6.29. The van der Waals surface area contributed by atoms with Crippen LogP contribution in [-0.4, -0.2) is 42.2 Å². The molecule has 0 aliphatic heterocycles. The van der Waals surface area contributed by atoms with Crippen LogP contribution < -0.4 is 14.2 Å². The zero-order chi connectivity index (χ0) is 18.7. The standard InChI is InChI=1S/C17H14ClN3O5/c1-23-11-6-10(7-12(24-2)15(11)25-3)14(22)17-20-16(21-26-17)9-4-5-19-13(18)8-9/h4-8H,1-3H3. The highest BCUT2D eigenvalue weighted by Crippen LogP contribution is 2.38. The van der Waals surface area contributed by atoms with Gasteiger partial charge in [-0.15, -0.1) is 0 Å². The van der Waals surface area contributed by atoms with Crippen molar-refractivity contribution in [3.8, 4) is 28.6 Å². The van der Waals surface area contributed by atoms with E-state index in [0.717, 1.165) is 0 Å². The Kier molecular flexibility index (Phi) is 5.04. The minimum absolute atomic E-state index is 0.179. The summed E-state index contributed by atoms with van der Waals surface area (Å²) in [7, 11) is 4.40. The molecule has 0 bridgehead atoms. The van der Waals surface area contributed by atoms with Gasteiger partial charge in [-0.3, -0.25) is 4.79 Å². The van der Waals surface area contributed by atoms with E-state index in [1.54, 1.807) is 12.1 Å². The average Bonchev–Trinajstić information content (AvgIpc) is 3.16. The fourth-order valence-corrected chi connectivity index (χ4v) is 2.48. The number of halogens is 1. The van der Waals surface area contributed by atoms with Crippen molar-refractivity contribution in [1.29, 1.82) is 0 Å². The van der Waals surface area contributed by atoms with Gasteiger partial charge in [-0.25, -0.2) is 4.98 Å². The summed E-state index contributed by atoms with van der Waals surface area (Å²) in [6.45, 7) is 0. The molecule has 9 heteroatoms. The van der Waals surface area contributed by atoms with Crippen LogP contribution in [-0.2, 0) is 0 Å². The molecule has 0 atom stereocenters. The number of carbonyl (C=O) groups excluding carboxylic acids is 1. The number of ketones is 1. The van der Waals surface area contributed by atoms with Gasteiger partial charge >= 0.3 is 0 Å². The predicted molar refractivity (Wildman–Crippen MR) is 92.1 cm³/mol. The number of hydrogen-bond acceptors (Lipinski definition) is 8. The van der Waals surface area contributed by atoms with Gasteiger partial charge in [-0.05, 0) is 24.3 Å². The number of aromatic nitrogens is 3. The number of rotatable bonds is 6. The summed E-state index contributed by atoms with van der Waals surface area (Å²) >= 11 is 5.85. The predicted octanol–water partition coefficient (Wildman–Crippen LogP) is 3.04. The highest BCUT2D eigenvalue weighted by atomic mass is 35.5. The largest absolute Gasteiger partial charge is 0.493 e. The van der Waals surface area contributed by atoms with Crippen molar-refractivity contribution in [3.63, 3.8) is 0 Å². The first-order valence-corrected chi connectivity index (χ1v) is 7.75. The van der Waals surface area contributed by atoms with Crippen LogP contribution in [0.5, 0.6) is 17.2 Å². The van der Waals surface area contributed by atoms with Gasteiger partial charge < -0.3 is 18.7 Å². The lowest BCUT2D eigenvalue weighted by molar-refractivity contribution is 0.0993. The fraction of sp³-hybridized carbons (Fsp3) is 0.176. The number of hydrogen-bond donors (Lipinski definition) is 0. The molecule has 0 N–H and O–H groups in total. The minimum Gasteiger partial charge on any atom is -0.493 e. The van der Waals surface area contributed by atoms with E-state index in [4.69, 9.17) is 30.3 Å². The molecule has 1 aromatic carbocycles. The van der Waals surface area contributed by atoms with Crippen LogP contribution in [0, 0.1) is 0 Å². The van der Waals surface area contributed by atoms with E-state index >= 15 is 0 Å². The van der Waals surface area contributed by atoms with Gasteiger partial charge in [0.2, 0.25) is 11.6 Å². The van der Waals surface area contributed by atoms with E-state index in [1.165, 1.54) is 39.7 Å². The molecule has 8 nitrogen and oxygen atoms in total. The molecule has 0 radical (unpaired) electrons. The van der Waals surface area contributed by atoms with Crippen LogP contribution in [0.2, 0.25) is 5.15 Å². The third-order valence-corrected chi connectivity index (χ3v) is 3.74. The molecule has 2 heterocycles.